The van der Waals surface area contributed by atoms with E-state index in [1.165, 1.54) is 36.4 Å². The summed E-state index contributed by atoms with van der Waals surface area (Å²) in [4.78, 5) is 44.9. The molecule has 0 amide bonds. The molecule has 0 aliphatic heterocycles. The predicted octanol–water partition coefficient (Wildman–Crippen LogP) is 5.10. The molecule has 0 heterocycles. The Bertz CT molecular complexity index is 1100. The van der Waals surface area contributed by atoms with Crippen LogP contribution in [0.4, 0.5) is 11.4 Å². The van der Waals surface area contributed by atoms with Crippen LogP contribution in [0, 0.1) is 32.1 Å². The first kappa shape index (κ1) is 26.9. The molecule has 1 aliphatic rings. The van der Waals surface area contributed by atoms with Crippen molar-refractivity contribution in [3.63, 3.8) is 0 Å². The van der Waals surface area contributed by atoms with E-state index >= 15 is 0 Å². The van der Waals surface area contributed by atoms with Gasteiger partial charge in [0.2, 0.25) is 0 Å². The number of nitrogens with zero attached hydrogens (tertiary/aromatic N) is 2. The largest absolute Gasteiger partial charge is 0.465 e. The van der Waals surface area contributed by atoms with Crippen molar-refractivity contribution < 1.29 is 28.9 Å². The smallest absolute Gasteiger partial charge is 0.310 e. The first-order chi connectivity index (χ1) is 16.4. The van der Waals surface area contributed by atoms with Gasteiger partial charge < -0.3 is 9.47 Å². The first-order valence-corrected chi connectivity index (χ1v) is 11.5. The summed E-state index contributed by atoms with van der Waals surface area (Å²) in [6.45, 7) is -0.291. The molecule has 2 aromatic rings. The van der Waals surface area contributed by atoms with Gasteiger partial charge in [-0.1, -0.05) is 35.3 Å². The van der Waals surface area contributed by atoms with Crippen LogP contribution in [0.2, 0.25) is 10.0 Å². The van der Waals surface area contributed by atoms with Crippen molar-refractivity contribution in [2.75, 3.05) is 13.2 Å². The van der Waals surface area contributed by atoms with Crippen molar-refractivity contribution in [3.05, 3.63) is 77.8 Å². The highest BCUT2D eigenvalue weighted by Crippen LogP contribution is 2.59. The van der Waals surface area contributed by atoms with Gasteiger partial charge in [0.05, 0.1) is 35.9 Å². The fourth-order valence-electron chi connectivity index (χ4n) is 3.33. The van der Waals surface area contributed by atoms with Gasteiger partial charge in [-0.15, -0.1) is 23.2 Å². The highest BCUT2D eigenvalue weighted by Gasteiger charge is 2.64. The molecule has 10 nitrogen and oxygen atoms in total. The summed E-state index contributed by atoms with van der Waals surface area (Å²) in [7, 11) is 0. The fourth-order valence-corrected chi connectivity index (χ4v) is 4.44. The van der Waals surface area contributed by atoms with Crippen LogP contribution in [-0.4, -0.2) is 39.3 Å². The van der Waals surface area contributed by atoms with E-state index in [1.54, 1.807) is 0 Å². The van der Waals surface area contributed by atoms with Gasteiger partial charge in [-0.2, -0.15) is 0 Å². The summed E-state index contributed by atoms with van der Waals surface area (Å²) in [5.74, 6) is -2.31. The van der Waals surface area contributed by atoms with Crippen LogP contribution < -0.4 is 0 Å². The summed E-state index contributed by atoms with van der Waals surface area (Å²) in [5.41, 5.74) is 0.0419. The van der Waals surface area contributed by atoms with Crippen molar-refractivity contribution in [2.45, 2.75) is 17.2 Å². The molecule has 2 aromatic carbocycles. The molecule has 0 radical (unpaired) electrons. The van der Waals surface area contributed by atoms with Crippen molar-refractivity contribution in [2.24, 2.45) is 11.8 Å². The Hall–Kier alpha value is -2.66. The number of hydrogen-bond acceptors (Lipinski definition) is 8. The third-order valence-electron chi connectivity index (χ3n) is 5.32. The number of alkyl halides is 2. The quantitative estimate of drug-likeness (QED) is 0.168. The van der Waals surface area contributed by atoms with Crippen LogP contribution >= 0.6 is 46.4 Å². The highest BCUT2D eigenvalue weighted by molar-refractivity contribution is 6.51. The monoisotopic (exact) mass is 564 g/mol. The molecule has 3 rings (SSSR count). The Balaban J connectivity index is 1.47. The molecule has 0 N–H and O–H groups in total. The summed E-state index contributed by atoms with van der Waals surface area (Å²) in [5, 5.41) is 21.8. The average molecular weight is 566 g/mol. The van der Waals surface area contributed by atoms with Crippen LogP contribution in [-0.2, 0) is 31.9 Å². The molecule has 2 atom stereocenters. The molecule has 0 saturated heterocycles. The number of hydrogen-bond donors (Lipinski definition) is 0. The number of rotatable bonds is 10. The molecule has 1 saturated carbocycles. The maximum absolute atomic E-state index is 12.1. The van der Waals surface area contributed by atoms with Crippen LogP contribution in [0.25, 0.3) is 0 Å². The van der Waals surface area contributed by atoms with Crippen molar-refractivity contribution >= 4 is 69.7 Å². The van der Waals surface area contributed by atoms with Crippen LogP contribution in [0.1, 0.15) is 11.1 Å². The zero-order valence-corrected chi connectivity index (χ0v) is 20.6. The standard InChI is InChI=1S/C21H16Cl4N2O8/c22-15-3-1-11(5-17(15)26(30)31)7-19(28)34-9-13-14(21(13,24)25)10-35-20(29)8-12-2-4-16(23)18(6-12)27(32)33/h1-6,13-14H,7-10H2/t13-,14-/m0/s1. The van der Waals surface area contributed by atoms with Gasteiger partial charge in [0.15, 0.2) is 0 Å². The lowest BCUT2D eigenvalue weighted by Crippen LogP contribution is -2.13. The molecule has 0 aromatic heterocycles. The molecule has 1 fully saturated rings. The Morgan fingerprint density at radius 2 is 1.17 bits per heavy atom. The van der Waals surface area contributed by atoms with E-state index in [2.05, 4.69) is 0 Å². The minimum atomic E-state index is -1.28. The van der Waals surface area contributed by atoms with Gasteiger partial charge in [-0.05, 0) is 23.3 Å². The van der Waals surface area contributed by atoms with E-state index in [0.29, 0.717) is 11.1 Å². The van der Waals surface area contributed by atoms with Gasteiger partial charge >= 0.3 is 11.9 Å². The summed E-state index contributed by atoms with van der Waals surface area (Å²) in [6.07, 6.45) is -0.454. The average Bonchev–Trinajstić information content (AvgIpc) is 3.31. The number of halogens is 4. The zero-order valence-electron chi connectivity index (χ0n) is 17.6. The molecular formula is C21H16Cl4N2O8. The summed E-state index contributed by atoms with van der Waals surface area (Å²) >= 11 is 23.9. The Kier molecular flexibility index (Phi) is 8.42. The summed E-state index contributed by atoms with van der Waals surface area (Å²) < 4.78 is 9.10. The van der Waals surface area contributed by atoms with E-state index in [4.69, 9.17) is 55.9 Å². The molecule has 35 heavy (non-hydrogen) atoms. The van der Waals surface area contributed by atoms with E-state index in [-0.39, 0.29) is 47.5 Å². The number of nitro benzene ring substituents is 2. The Morgan fingerprint density at radius 3 is 1.51 bits per heavy atom. The Morgan fingerprint density at radius 1 is 0.800 bits per heavy atom. The second kappa shape index (κ2) is 10.9. The van der Waals surface area contributed by atoms with Crippen molar-refractivity contribution in [3.8, 4) is 0 Å². The molecule has 0 unspecified atom stereocenters. The van der Waals surface area contributed by atoms with E-state index in [0.717, 1.165) is 0 Å². The lowest BCUT2D eigenvalue weighted by molar-refractivity contribution is -0.384. The van der Waals surface area contributed by atoms with Gasteiger partial charge in [-0.3, -0.25) is 29.8 Å². The number of carbonyl (C=O) groups excluding carboxylic acids is 2. The third kappa shape index (κ3) is 6.72. The van der Waals surface area contributed by atoms with Crippen LogP contribution in [0.5, 0.6) is 0 Å². The second-order valence-corrected chi connectivity index (χ2v) is 9.95. The van der Waals surface area contributed by atoms with Gasteiger partial charge in [0, 0.05) is 24.0 Å². The maximum Gasteiger partial charge on any atom is 0.310 e. The van der Waals surface area contributed by atoms with Gasteiger partial charge in [0.1, 0.15) is 14.4 Å². The van der Waals surface area contributed by atoms with E-state index in [1.807, 2.05) is 0 Å². The van der Waals surface area contributed by atoms with Gasteiger partial charge in [-0.25, -0.2) is 0 Å². The van der Waals surface area contributed by atoms with Crippen molar-refractivity contribution in [1.82, 2.24) is 0 Å². The van der Waals surface area contributed by atoms with Crippen LogP contribution in [0.3, 0.4) is 0 Å². The first-order valence-electron chi connectivity index (χ1n) is 9.94. The lowest BCUT2D eigenvalue weighted by Gasteiger charge is -2.06. The number of esters is 2. The number of ether oxygens (including phenoxy) is 2. The molecule has 1 aliphatic carbocycles. The minimum Gasteiger partial charge on any atom is -0.465 e. The third-order valence-corrected chi connectivity index (χ3v) is 7.08. The van der Waals surface area contributed by atoms with Gasteiger partial charge in [0.25, 0.3) is 11.4 Å². The van der Waals surface area contributed by atoms with E-state index in [9.17, 15) is 29.8 Å². The molecular weight excluding hydrogens is 550 g/mol. The number of nitro groups is 2. The van der Waals surface area contributed by atoms with Crippen LogP contribution in [0.15, 0.2) is 36.4 Å². The fraction of sp³-hybridized carbons (Fsp3) is 0.333. The predicted molar refractivity (Wildman–Crippen MR) is 127 cm³/mol. The zero-order chi connectivity index (χ0) is 25.9. The highest BCUT2D eigenvalue weighted by atomic mass is 35.5. The number of benzene rings is 2. The summed E-state index contributed by atoms with van der Waals surface area (Å²) in [6, 6.07) is 7.95. The molecule has 0 bridgehead atoms. The molecule has 186 valence electrons. The maximum atomic E-state index is 12.1. The molecule has 0 spiro atoms. The minimum absolute atomic E-state index is 0.0502. The molecule has 14 heteroatoms. The normalized spacial score (nSPS) is 17.9. The topological polar surface area (TPSA) is 139 Å². The van der Waals surface area contributed by atoms with E-state index < -0.39 is 38.0 Å². The van der Waals surface area contributed by atoms with Crippen molar-refractivity contribution in [1.29, 1.82) is 0 Å². The lowest BCUT2D eigenvalue weighted by atomic mass is 10.1. The SMILES string of the molecule is O=C(Cc1ccc(Cl)c([N+](=O)[O-])c1)OC[C@H]1[C@H](COC(=O)Cc2ccc(Cl)c([N+](=O)[O-])c2)C1(Cl)Cl. The Labute approximate surface area is 218 Å². The number of carbonyl (C=O) groups is 2. The second-order valence-electron chi connectivity index (χ2n) is 7.69.